The highest BCUT2D eigenvalue weighted by atomic mass is 14.9. The Bertz CT molecular complexity index is 109. The average Bonchev–Trinajstić information content (AvgIpc) is 1.91. The van der Waals surface area contributed by atoms with E-state index in [2.05, 4.69) is 11.4 Å². The number of hydrogen-bond donors (Lipinski definition) is 0. The second-order valence-corrected chi connectivity index (χ2v) is 2.50. The van der Waals surface area contributed by atoms with Crippen molar-refractivity contribution >= 4 is 0 Å². The smallest absolute Gasteiger partial charge is 0.0625 e. The Morgan fingerprint density at radius 3 is 3.11 bits per heavy atom. The molecular weight excluding hydrogens is 112 g/mol. The van der Waals surface area contributed by atoms with Gasteiger partial charge in [0.15, 0.2) is 0 Å². The Labute approximate surface area is 55.9 Å². The molecule has 0 amide bonds. The summed E-state index contributed by atoms with van der Waals surface area (Å²) in [5.41, 5.74) is 0. The van der Waals surface area contributed by atoms with Crippen LogP contribution in [-0.2, 0) is 0 Å². The standard InChI is InChI=1S/C7H11N2/c8-4-3-7-2-1-5-9-6-7/h7H,1-3,5-6H2. The van der Waals surface area contributed by atoms with Gasteiger partial charge >= 0.3 is 0 Å². The minimum Gasteiger partial charge on any atom is -0.241 e. The molecule has 0 aromatic heterocycles. The fourth-order valence-electron chi connectivity index (χ4n) is 1.15. The van der Waals surface area contributed by atoms with E-state index >= 15 is 0 Å². The van der Waals surface area contributed by atoms with Crippen molar-refractivity contribution in [1.29, 1.82) is 5.26 Å². The largest absolute Gasteiger partial charge is 0.241 e. The summed E-state index contributed by atoms with van der Waals surface area (Å²) in [6.07, 6.45) is 3.09. The zero-order valence-corrected chi connectivity index (χ0v) is 5.51. The van der Waals surface area contributed by atoms with Crippen molar-refractivity contribution in [1.82, 2.24) is 5.32 Å². The lowest BCUT2D eigenvalue weighted by Gasteiger charge is -2.17. The lowest BCUT2D eigenvalue weighted by molar-refractivity contribution is 0.378. The van der Waals surface area contributed by atoms with Crippen molar-refractivity contribution in [2.45, 2.75) is 19.3 Å². The molecule has 0 aliphatic carbocycles. The molecule has 1 aliphatic rings. The van der Waals surface area contributed by atoms with Crippen molar-refractivity contribution in [2.24, 2.45) is 5.92 Å². The Morgan fingerprint density at radius 2 is 2.56 bits per heavy atom. The number of hydrogen-bond acceptors (Lipinski definition) is 1. The molecule has 0 bridgehead atoms. The Balaban J connectivity index is 2.17. The maximum Gasteiger partial charge on any atom is 0.0625 e. The van der Waals surface area contributed by atoms with Crippen LogP contribution in [0.25, 0.3) is 0 Å². The van der Waals surface area contributed by atoms with Crippen LogP contribution in [0.4, 0.5) is 0 Å². The fourth-order valence-corrected chi connectivity index (χ4v) is 1.15. The van der Waals surface area contributed by atoms with Crippen LogP contribution in [-0.4, -0.2) is 13.1 Å². The van der Waals surface area contributed by atoms with Crippen LogP contribution >= 0.6 is 0 Å². The van der Waals surface area contributed by atoms with Crippen LogP contribution in [0, 0.1) is 17.2 Å². The van der Waals surface area contributed by atoms with Gasteiger partial charge in [-0.15, -0.1) is 0 Å². The topological polar surface area (TPSA) is 37.9 Å². The highest BCUT2D eigenvalue weighted by Crippen LogP contribution is 2.13. The summed E-state index contributed by atoms with van der Waals surface area (Å²) >= 11 is 0. The van der Waals surface area contributed by atoms with Gasteiger partial charge in [-0.25, -0.2) is 5.32 Å². The monoisotopic (exact) mass is 123 g/mol. The first-order valence-electron chi connectivity index (χ1n) is 3.43. The number of piperidine rings is 1. The first kappa shape index (κ1) is 6.57. The van der Waals surface area contributed by atoms with Gasteiger partial charge in [-0.3, -0.25) is 0 Å². The lowest BCUT2D eigenvalue weighted by atomic mass is 9.97. The van der Waals surface area contributed by atoms with E-state index in [1.807, 2.05) is 0 Å². The summed E-state index contributed by atoms with van der Waals surface area (Å²) in [7, 11) is 0. The molecule has 1 radical (unpaired) electrons. The third-order valence-corrected chi connectivity index (χ3v) is 1.70. The number of rotatable bonds is 1. The van der Waals surface area contributed by atoms with Crippen molar-refractivity contribution in [3.05, 3.63) is 0 Å². The van der Waals surface area contributed by atoms with Gasteiger partial charge in [-0.1, -0.05) is 0 Å². The van der Waals surface area contributed by atoms with Crippen LogP contribution < -0.4 is 5.32 Å². The fraction of sp³-hybridized carbons (Fsp3) is 0.857. The number of nitrogens with zero attached hydrogens (tertiary/aromatic N) is 2. The highest BCUT2D eigenvalue weighted by molar-refractivity contribution is 4.79. The molecule has 0 saturated carbocycles. The van der Waals surface area contributed by atoms with E-state index in [1.54, 1.807) is 0 Å². The molecule has 1 saturated heterocycles. The molecule has 0 aromatic rings. The first-order valence-corrected chi connectivity index (χ1v) is 3.43. The van der Waals surface area contributed by atoms with Gasteiger partial charge < -0.3 is 0 Å². The Hall–Kier alpha value is -0.550. The zero-order chi connectivity index (χ0) is 6.53. The lowest BCUT2D eigenvalue weighted by Crippen LogP contribution is -2.23. The molecule has 1 atom stereocenters. The summed E-state index contributed by atoms with van der Waals surface area (Å²) < 4.78 is 0. The highest BCUT2D eigenvalue weighted by Gasteiger charge is 2.12. The molecule has 1 heterocycles. The maximum atomic E-state index is 8.33. The summed E-state index contributed by atoms with van der Waals surface area (Å²) in [4.78, 5) is 0. The van der Waals surface area contributed by atoms with Crippen LogP contribution in [0.1, 0.15) is 19.3 Å². The second kappa shape index (κ2) is 3.47. The van der Waals surface area contributed by atoms with Gasteiger partial charge in [0.1, 0.15) is 0 Å². The molecule has 0 aromatic carbocycles. The molecule has 9 heavy (non-hydrogen) atoms. The summed E-state index contributed by atoms with van der Waals surface area (Å²) in [6.45, 7) is 1.94. The van der Waals surface area contributed by atoms with E-state index in [9.17, 15) is 0 Å². The van der Waals surface area contributed by atoms with E-state index in [-0.39, 0.29) is 0 Å². The Morgan fingerprint density at radius 1 is 1.67 bits per heavy atom. The van der Waals surface area contributed by atoms with E-state index < -0.39 is 0 Å². The quantitative estimate of drug-likeness (QED) is 0.510. The second-order valence-electron chi connectivity index (χ2n) is 2.50. The summed E-state index contributed by atoms with van der Waals surface area (Å²) in [5.74, 6) is 0.573. The van der Waals surface area contributed by atoms with Crippen molar-refractivity contribution < 1.29 is 0 Å². The molecule has 2 heteroatoms. The molecule has 0 N–H and O–H groups in total. The van der Waals surface area contributed by atoms with Gasteiger partial charge in [0.05, 0.1) is 6.07 Å². The predicted octanol–water partition coefficient (Wildman–Crippen LogP) is 0.914. The summed E-state index contributed by atoms with van der Waals surface area (Å²) in [6, 6.07) is 2.18. The van der Waals surface area contributed by atoms with E-state index in [0.29, 0.717) is 12.3 Å². The van der Waals surface area contributed by atoms with Gasteiger partial charge in [0, 0.05) is 19.5 Å². The molecular formula is C7H11N2. The predicted molar refractivity (Wildman–Crippen MR) is 34.8 cm³/mol. The van der Waals surface area contributed by atoms with Gasteiger partial charge in [0.25, 0.3) is 0 Å². The summed E-state index contributed by atoms with van der Waals surface area (Å²) in [5, 5.41) is 12.6. The molecule has 1 aliphatic heterocycles. The van der Waals surface area contributed by atoms with Gasteiger partial charge in [-0.05, 0) is 18.8 Å². The SMILES string of the molecule is N#CCC1CCC[N]C1. The van der Waals surface area contributed by atoms with E-state index in [1.165, 1.54) is 12.8 Å². The Kier molecular flexibility index (Phi) is 2.53. The number of nitriles is 1. The molecule has 49 valence electrons. The minimum atomic E-state index is 0.573. The van der Waals surface area contributed by atoms with Crippen molar-refractivity contribution in [3.8, 4) is 6.07 Å². The van der Waals surface area contributed by atoms with Crippen LogP contribution in [0.15, 0.2) is 0 Å². The van der Waals surface area contributed by atoms with Crippen molar-refractivity contribution in [2.75, 3.05) is 13.1 Å². The molecule has 2 nitrogen and oxygen atoms in total. The molecule has 0 spiro atoms. The van der Waals surface area contributed by atoms with Gasteiger partial charge in [0.2, 0.25) is 0 Å². The van der Waals surface area contributed by atoms with Gasteiger partial charge in [-0.2, -0.15) is 5.26 Å². The van der Waals surface area contributed by atoms with Crippen molar-refractivity contribution in [3.63, 3.8) is 0 Å². The average molecular weight is 123 g/mol. The molecule has 1 unspecified atom stereocenters. The minimum absolute atomic E-state index is 0.573. The molecule has 1 rings (SSSR count). The van der Waals surface area contributed by atoms with Crippen LogP contribution in [0.5, 0.6) is 0 Å². The van der Waals surface area contributed by atoms with E-state index in [4.69, 9.17) is 5.26 Å². The van der Waals surface area contributed by atoms with Crippen LogP contribution in [0.2, 0.25) is 0 Å². The first-order chi connectivity index (χ1) is 4.43. The molecule has 1 fully saturated rings. The van der Waals surface area contributed by atoms with E-state index in [0.717, 1.165) is 13.1 Å². The van der Waals surface area contributed by atoms with Crippen LogP contribution in [0.3, 0.4) is 0 Å². The maximum absolute atomic E-state index is 8.33. The third-order valence-electron chi connectivity index (χ3n) is 1.70. The normalized spacial score (nSPS) is 27.2. The zero-order valence-electron chi connectivity index (χ0n) is 5.51. The third kappa shape index (κ3) is 2.03.